The van der Waals surface area contributed by atoms with E-state index in [1.54, 1.807) is 7.11 Å². The first-order chi connectivity index (χ1) is 10.5. The van der Waals surface area contributed by atoms with E-state index in [2.05, 4.69) is 0 Å². The molecule has 1 unspecified atom stereocenters. The van der Waals surface area contributed by atoms with Gasteiger partial charge >= 0.3 is 8.03 Å². The number of aryl methyl sites for hydroxylation is 1. The second kappa shape index (κ2) is 10.3. The molecule has 0 spiro atoms. The molecule has 1 amide bonds. The maximum atomic E-state index is 11.4. The van der Waals surface area contributed by atoms with Gasteiger partial charge < -0.3 is 4.74 Å². The Morgan fingerprint density at radius 3 is 2.50 bits per heavy atom. The molecule has 0 aliphatic rings. The fourth-order valence-corrected chi connectivity index (χ4v) is 2.32. The van der Waals surface area contributed by atoms with Gasteiger partial charge in [-0.15, -0.1) is 0 Å². The third kappa shape index (κ3) is 7.50. The second-order valence-electron chi connectivity index (χ2n) is 4.84. The van der Waals surface area contributed by atoms with E-state index < -0.39 is 8.03 Å². The molecule has 0 fully saturated rings. The molecule has 1 aromatic carbocycles. The first-order valence-electron chi connectivity index (χ1n) is 7.20. The summed E-state index contributed by atoms with van der Waals surface area (Å²) in [4.78, 5) is 25.6. The summed E-state index contributed by atoms with van der Waals surface area (Å²) in [6.45, 7) is 2.18. The lowest BCUT2D eigenvalue weighted by molar-refractivity contribution is -0.184. The summed E-state index contributed by atoms with van der Waals surface area (Å²) in [7, 11) is -0.524. The van der Waals surface area contributed by atoms with Crippen molar-refractivity contribution in [3.8, 4) is 5.75 Å². The SMILES string of the molecule is COc1ccc(CCCON(CCC[P+](=O)O)C(C)=O)cc1. The fraction of sp³-hybridized carbons (Fsp3) is 0.533. The van der Waals surface area contributed by atoms with E-state index in [4.69, 9.17) is 14.5 Å². The zero-order valence-electron chi connectivity index (χ0n) is 13.0. The average molecular weight is 328 g/mol. The van der Waals surface area contributed by atoms with Crippen LogP contribution in [0.4, 0.5) is 0 Å². The first kappa shape index (κ1) is 18.6. The van der Waals surface area contributed by atoms with Gasteiger partial charge in [0.2, 0.25) is 5.91 Å². The third-order valence-corrected chi connectivity index (χ3v) is 3.78. The molecule has 0 saturated carbocycles. The number of methoxy groups -OCH3 is 1. The van der Waals surface area contributed by atoms with Crippen LogP contribution in [0.2, 0.25) is 0 Å². The van der Waals surface area contributed by atoms with Crippen molar-refractivity contribution in [3.63, 3.8) is 0 Å². The summed E-state index contributed by atoms with van der Waals surface area (Å²) in [5.41, 5.74) is 1.18. The van der Waals surface area contributed by atoms with E-state index in [1.165, 1.54) is 17.6 Å². The van der Waals surface area contributed by atoms with Crippen molar-refractivity contribution in [1.82, 2.24) is 5.06 Å². The normalized spacial score (nSPS) is 11.1. The predicted molar refractivity (Wildman–Crippen MR) is 84.0 cm³/mol. The zero-order chi connectivity index (χ0) is 16.4. The minimum absolute atomic E-state index is 0.175. The minimum atomic E-state index is -2.15. The van der Waals surface area contributed by atoms with E-state index in [0.717, 1.165) is 18.6 Å². The zero-order valence-corrected chi connectivity index (χ0v) is 13.9. The highest BCUT2D eigenvalue weighted by molar-refractivity contribution is 7.37. The number of nitrogens with zero attached hydrogens (tertiary/aromatic N) is 1. The molecule has 0 aliphatic carbocycles. The quantitative estimate of drug-likeness (QED) is 0.406. The number of hydrogen-bond donors (Lipinski definition) is 1. The predicted octanol–water partition coefficient (Wildman–Crippen LogP) is 2.53. The molecule has 1 atom stereocenters. The average Bonchev–Trinajstić information content (AvgIpc) is 2.49. The number of hydroxylamine groups is 2. The Morgan fingerprint density at radius 1 is 1.27 bits per heavy atom. The van der Waals surface area contributed by atoms with Crippen LogP contribution in [0, 0.1) is 0 Å². The summed E-state index contributed by atoms with van der Waals surface area (Å²) in [6, 6.07) is 7.82. The van der Waals surface area contributed by atoms with Gasteiger partial charge in [-0.25, -0.2) is 5.06 Å². The number of benzene rings is 1. The molecular weight excluding hydrogens is 305 g/mol. The Labute approximate surface area is 131 Å². The number of carbonyl (C=O) groups is 1. The highest BCUT2D eigenvalue weighted by atomic mass is 31.1. The van der Waals surface area contributed by atoms with E-state index in [0.29, 0.717) is 19.6 Å². The number of hydrogen-bond acceptors (Lipinski definition) is 4. The lowest BCUT2D eigenvalue weighted by Gasteiger charge is -2.19. The molecule has 0 bridgehead atoms. The van der Waals surface area contributed by atoms with Crippen LogP contribution in [0.5, 0.6) is 5.75 Å². The van der Waals surface area contributed by atoms with Crippen molar-refractivity contribution in [3.05, 3.63) is 29.8 Å². The minimum Gasteiger partial charge on any atom is -0.497 e. The van der Waals surface area contributed by atoms with Crippen molar-refractivity contribution in [2.75, 3.05) is 26.4 Å². The van der Waals surface area contributed by atoms with Crippen LogP contribution in [-0.4, -0.2) is 42.3 Å². The van der Waals surface area contributed by atoms with Crippen LogP contribution < -0.4 is 4.74 Å². The molecule has 0 aromatic heterocycles. The third-order valence-electron chi connectivity index (χ3n) is 3.08. The number of rotatable bonds is 10. The monoisotopic (exact) mass is 328 g/mol. The molecule has 6 nitrogen and oxygen atoms in total. The largest absolute Gasteiger partial charge is 0.505 e. The maximum absolute atomic E-state index is 11.4. The molecule has 0 aliphatic heterocycles. The van der Waals surface area contributed by atoms with Crippen LogP contribution in [0.25, 0.3) is 0 Å². The first-order valence-corrected chi connectivity index (χ1v) is 8.60. The van der Waals surface area contributed by atoms with Crippen molar-refractivity contribution >= 4 is 13.9 Å². The summed E-state index contributed by atoms with van der Waals surface area (Å²) in [5.74, 6) is 0.627. The summed E-state index contributed by atoms with van der Waals surface area (Å²) >= 11 is 0. The number of amides is 1. The molecule has 1 aromatic rings. The van der Waals surface area contributed by atoms with Crippen LogP contribution >= 0.6 is 8.03 Å². The van der Waals surface area contributed by atoms with Crippen molar-refractivity contribution in [2.24, 2.45) is 0 Å². The van der Waals surface area contributed by atoms with Crippen molar-refractivity contribution in [2.45, 2.75) is 26.2 Å². The Balaban J connectivity index is 2.27. The molecule has 0 saturated heterocycles. The Kier molecular flexibility index (Phi) is 8.67. The fourth-order valence-electron chi connectivity index (χ4n) is 1.91. The van der Waals surface area contributed by atoms with Crippen LogP contribution in [0.3, 0.4) is 0 Å². The van der Waals surface area contributed by atoms with E-state index in [9.17, 15) is 9.36 Å². The molecule has 22 heavy (non-hydrogen) atoms. The van der Waals surface area contributed by atoms with Gasteiger partial charge in [-0.1, -0.05) is 12.1 Å². The molecule has 7 heteroatoms. The Hall–Kier alpha value is -1.49. The summed E-state index contributed by atoms with van der Waals surface area (Å²) in [5, 5.41) is 1.26. The molecule has 1 N–H and O–H groups in total. The second-order valence-corrected chi connectivity index (χ2v) is 5.99. The van der Waals surface area contributed by atoms with Gasteiger partial charge in [-0.3, -0.25) is 9.63 Å². The molecule has 1 rings (SSSR count). The van der Waals surface area contributed by atoms with Gasteiger partial charge in [0.05, 0.1) is 20.3 Å². The van der Waals surface area contributed by atoms with Gasteiger partial charge in [0.15, 0.2) is 6.16 Å². The molecule has 122 valence electrons. The van der Waals surface area contributed by atoms with Gasteiger partial charge in [-0.2, -0.15) is 4.89 Å². The van der Waals surface area contributed by atoms with Gasteiger partial charge in [0.1, 0.15) is 5.75 Å². The molecule has 0 heterocycles. The Morgan fingerprint density at radius 2 is 1.95 bits per heavy atom. The van der Waals surface area contributed by atoms with Gasteiger partial charge in [0.25, 0.3) is 0 Å². The van der Waals surface area contributed by atoms with Gasteiger partial charge in [0, 0.05) is 13.3 Å². The topological polar surface area (TPSA) is 76.1 Å². The summed E-state index contributed by atoms with van der Waals surface area (Å²) in [6.07, 6.45) is 2.25. The van der Waals surface area contributed by atoms with Gasteiger partial charge in [-0.05, 0) is 35.1 Å². The van der Waals surface area contributed by atoms with Crippen LogP contribution in [0.15, 0.2) is 24.3 Å². The standard InChI is InChI=1S/C15H22NO5P/c1-13(17)16(10-4-12-22(18)19)21-11-3-5-14-6-8-15(20-2)9-7-14/h6-9H,3-5,10-12H2,1-2H3/p+1. The highest BCUT2D eigenvalue weighted by Gasteiger charge is 2.14. The lowest BCUT2D eigenvalue weighted by atomic mass is 10.1. The summed E-state index contributed by atoms with van der Waals surface area (Å²) < 4.78 is 15.7. The van der Waals surface area contributed by atoms with E-state index in [-0.39, 0.29) is 12.1 Å². The lowest BCUT2D eigenvalue weighted by Crippen LogP contribution is -2.30. The highest BCUT2D eigenvalue weighted by Crippen LogP contribution is 2.14. The van der Waals surface area contributed by atoms with Crippen molar-refractivity contribution in [1.29, 1.82) is 0 Å². The number of carbonyl (C=O) groups excluding carboxylic acids is 1. The van der Waals surface area contributed by atoms with E-state index >= 15 is 0 Å². The van der Waals surface area contributed by atoms with Crippen molar-refractivity contribution < 1.29 is 23.8 Å². The van der Waals surface area contributed by atoms with Crippen LogP contribution in [0.1, 0.15) is 25.3 Å². The number of ether oxygens (including phenoxy) is 1. The Bertz CT molecular complexity index is 477. The molecule has 0 radical (unpaired) electrons. The van der Waals surface area contributed by atoms with Crippen LogP contribution in [-0.2, 0) is 20.6 Å². The smallest absolute Gasteiger partial charge is 0.497 e. The van der Waals surface area contributed by atoms with E-state index in [1.807, 2.05) is 24.3 Å². The maximum Gasteiger partial charge on any atom is 0.505 e. The molecular formula is C15H23NO5P+.